The molecule has 31 heavy (non-hydrogen) atoms. The van der Waals surface area contributed by atoms with Gasteiger partial charge in [0, 0.05) is 62.0 Å². The van der Waals surface area contributed by atoms with Crippen molar-refractivity contribution in [2.45, 2.75) is 0 Å². The lowest BCUT2D eigenvalue weighted by molar-refractivity contribution is 0.0748. The molecule has 0 radical (unpaired) electrons. The number of aromatic nitrogens is 4. The second-order valence-electron chi connectivity index (χ2n) is 7.33. The lowest BCUT2D eigenvalue weighted by Crippen LogP contribution is -2.48. The number of ether oxygens (including phenoxy) is 1. The maximum atomic E-state index is 13.4. The number of anilines is 1. The van der Waals surface area contributed by atoms with E-state index in [-0.39, 0.29) is 5.91 Å². The van der Waals surface area contributed by atoms with Gasteiger partial charge in [0.15, 0.2) is 0 Å². The van der Waals surface area contributed by atoms with Gasteiger partial charge in [0.2, 0.25) is 5.95 Å². The highest BCUT2D eigenvalue weighted by molar-refractivity contribution is 6.07. The number of piperazine rings is 1. The fourth-order valence-electron chi connectivity index (χ4n) is 3.96. The van der Waals surface area contributed by atoms with Gasteiger partial charge in [0.1, 0.15) is 5.75 Å². The minimum Gasteiger partial charge on any atom is -0.497 e. The summed E-state index contributed by atoms with van der Waals surface area (Å²) in [5.41, 5.74) is 2.59. The molecule has 0 bridgehead atoms. The van der Waals surface area contributed by atoms with Gasteiger partial charge in [0.05, 0.1) is 24.4 Å². The van der Waals surface area contributed by atoms with Crippen molar-refractivity contribution in [2.24, 2.45) is 0 Å². The molecule has 1 saturated heterocycles. The van der Waals surface area contributed by atoms with Crippen molar-refractivity contribution in [3.63, 3.8) is 0 Å². The highest BCUT2D eigenvalue weighted by atomic mass is 16.5. The first kappa shape index (κ1) is 19.0. The van der Waals surface area contributed by atoms with Gasteiger partial charge in [0.25, 0.3) is 5.91 Å². The van der Waals surface area contributed by atoms with Crippen molar-refractivity contribution < 1.29 is 9.53 Å². The van der Waals surface area contributed by atoms with Crippen LogP contribution in [0.15, 0.2) is 67.4 Å². The Labute approximate surface area is 179 Å². The number of pyridine rings is 1. The van der Waals surface area contributed by atoms with Crippen LogP contribution in [0.2, 0.25) is 0 Å². The summed E-state index contributed by atoms with van der Waals surface area (Å²) in [6, 6.07) is 11.7. The quantitative estimate of drug-likeness (QED) is 0.511. The number of fused-ring (bicyclic) bond motifs is 1. The molecule has 1 aliphatic heterocycles. The molecular formula is C23H22N6O2. The zero-order valence-corrected chi connectivity index (χ0v) is 17.2. The minimum absolute atomic E-state index is 0.0141. The molecule has 0 N–H and O–H groups in total. The van der Waals surface area contributed by atoms with Crippen LogP contribution in [0, 0.1) is 0 Å². The van der Waals surface area contributed by atoms with Crippen molar-refractivity contribution in [2.75, 3.05) is 38.2 Å². The summed E-state index contributed by atoms with van der Waals surface area (Å²) in [6.07, 6.45) is 8.63. The third kappa shape index (κ3) is 3.56. The molecule has 1 aromatic carbocycles. The molecule has 8 nitrogen and oxygen atoms in total. The van der Waals surface area contributed by atoms with Crippen LogP contribution >= 0.6 is 0 Å². The average molecular weight is 414 g/mol. The lowest BCUT2D eigenvalue weighted by Gasteiger charge is -2.36. The van der Waals surface area contributed by atoms with E-state index < -0.39 is 0 Å². The molecule has 1 fully saturated rings. The van der Waals surface area contributed by atoms with E-state index in [1.54, 1.807) is 38.0 Å². The first-order valence-electron chi connectivity index (χ1n) is 10.2. The normalized spacial score (nSPS) is 14.1. The topological polar surface area (TPSA) is 76.4 Å². The van der Waals surface area contributed by atoms with Crippen LogP contribution in [0.1, 0.15) is 10.4 Å². The van der Waals surface area contributed by atoms with Gasteiger partial charge >= 0.3 is 0 Å². The summed E-state index contributed by atoms with van der Waals surface area (Å²) in [4.78, 5) is 30.5. The van der Waals surface area contributed by atoms with E-state index in [2.05, 4.69) is 32.0 Å². The smallest absolute Gasteiger partial charge is 0.256 e. The fraction of sp³-hybridized carbons (Fsp3) is 0.217. The number of benzene rings is 1. The van der Waals surface area contributed by atoms with Crippen molar-refractivity contribution in [1.82, 2.24) is 24.4 Å². The largest absolute Gasteiger partial charge is 0.497 e. The van der Waals surface area contributed by atoms with Crippen molar-refractivity contribution in [1.29, 1.82) is 0 Å². The van der Waals surface area contributed by atoms with E-state index in [1.165, 1.54) is 0 Å². The molecule has 0 unspecified atom stereocenters. The average Bonchev–Trinajstić information content (AvgIpc) is 3.24. The fourth-order valence-corrected chi connectivity index (χ4v) is 3.96. The number of hydrogen-bond donors (Lipinski definition) is 0. The summed E-state index contributed by atoms with van der Waals surface area (Å²) in [7, 11) is 1.66. The highest BCUT2D eigenvalue weighted by Gasteiger charge is 2.25. The van der Waals surface area contributed by atoms with Crippen LogP contribution in [0.3, 0.4) is 0 Å². The Hall–Kier alpha value is -3.94. The van der Waals surface area contributed by atoms with Crippen LogP contribution < -0.4 is 9.64 Å². The standard InChI is InChI=1S/C23H22N6O2/c1-31-18-5-3-17(4-6-18)27-11-13-28(14-12-27)22(30)20-16-29(23-25-8-2-9-26-23)21-15-24-10-7-19(20)21/h2-10,15-16H,11-14H2,1H3. The van der Waals surface area contributed by atoms with Crippen LogP contribution in [-0.2, 0) is 0 Å². The Balaban J connectivity index is 1.37. The number of carbonyl (C=O) groups excluding carboxylic acids is 1. The Morgan fingerprint density at radius 3 is 2.42 bits per heavy atom. The molecular weight excluding hydrogens is 392 g/mol. The van der Waals surface area contributed by atoms with Crippen molar-refractivity contribution >= 4 is 22.5 Å². The van der Waals surface area contributed by atoms with Crippen LogP contribution in [-0.4, -0.2) is 63.6 Å². The zero-order chi connectivity index (χ0) is 21.2. The summed E-state index contributed by atoms with van der Waals surface area (Å²) in [6.45, 7) is 2.87. The Morgan fingerprint density at radius 2 is 1.71 bits per heavy atom. The molecule has 1 amide bonds. The predicted molar refractivity (Wildman–Crippen MR) is 118 cm³/mol. The van der Waals surface area contributed by atoms with Crippen molar-refractivity contribution in [3.8, 4) is 11.7 Å². The molecule has 8 heteroatoms. The van der Waals surface area contributed by atoms with Gasteiger partial charge in [-0.25, -0.2) is 9.97 Å². The summed E-state index contributed by atoms with van der Waals surface area (Å²) < 4.78 is 7.06. The lowest BCUT2D eigenvalue weighted by atomic mass is 10.1. The molecule has 0 saturated carbocycles. The number of carbonyl (C=O) groups is 1. The number of hydrogen-bond acceptors (Lipinski definition) is 6. The van der Waals surface area contributed by atoms with Gasteiger partial charge < -0.3 is 14.5 Å². The predicted octanol–water partition coefficient (Wildman–Crippen LogP) is 2.79. The van der Waals surface area contributed by atoms with Gasteiger partial charge in [-0.3, -0.25) is 14.3 Å². The Kier molecular flexibility index (Phi) is 4.95. The van der Waals surface area contributed by atoms with E-state index in [4.69, 9.17) is 4.74 Å². The van der Waals surface area contributed by atoms with E-state index in [0.29, 0.717) is 24.6 Å². The Morgan fingerprint density at radius 1 is 0.968 bits per heavy atom. The highest BCUT2D eigenvalue weighted by Crippen LogP contribution is 2.25. The second kappa shape index (κ2) is 8.06. The first-order chi connectivity index (χ1) is 15.2. The molecule has 156 valence electrons. The van der Waals surface area contributed by atoms with Crippen LogP contribution in [0.5, 0.6) is 5.75 Å². The van der Waals surface area contributed by atoms with Gasteiger partial charge in [-0.15, -0.1) is 0 Å². The van der Waals surface area contributed by atoms with Gasteiger partial charge in [-0.2, -0.15) is 0 Å². The molecule has 0 atom stereocenters. The van der Waals surface area contributed by atoms with Crippen molar-refractivity contribution in [3.05, 3.63) is 72.9 Å². The van der Waals surface area contributed by atoms with E-state index in [1.807, 2.05) is 33.9 Å². The molecule has 1 aliphatic rings. The van der Waals surface area contributed by atoms with Gasteiger partial charge in [-0.1, -0.05) is 0 Å². The third-order valence-electron chi connectivity index (χ3n) is 5.61. The minimum atomic E-state index is 0.0141. The maximum Gasteiger partial charge on any atom is 0.256 e. The monoisotopic (exact) mass is 414 g/mol. The molecule has 0 spiro atoms. The number of rotatable bonds is 4. The molecule has 0 aliphatic carbocycles. The summed E-state index contributed by atoms with van der Waals surface area (Å²) >= 11 is 0. The molecule has 4 aromatic rings. The molecule has 4 heterocycles. The van der Waals surface area contributed by atoms with E-state index in [0.717, 1.165) is 35.4 Å². The maximum absolute atomic E-state index is 13.4. The zero-order valence-electron chi connectivity index (χ0n) is 17.2. The second-order valence-corrected chi connectivity index (χ2v) is 7.33. The first-order valence-corrected chi connectivity index (χ1v) is 10.2. The third-order valence-corrected chi connectivity index (χ3v) is 5.61. The van der Waals surface area contributed by atoms with Gasteiger partial charge in [-0.05, 0) is 36.4 Å². The Bertz CT molecular complexity index is 1200. The number of nitrogens with zero attached hydrogens (tertiary/aromatic N) is 6. The molecule has 5 rings (SSSR count). The van der Waals surface area contributed by atoms with E-state index >= 15 is 0 Å². The summed E-state index contributed by atoms with van der Waals surface area (Å²) in [5, 5.41) is 0.852. The van der Waals surface area contributed by atoms with Crippen LogP contribution in [0.25, 0.3) is 16.9 Å². The number of amides is 1. The molecule has 3 aromatic heterocycles. The number of methoxy groups -OCH3 is 1. The van der Waals surface area contributed by atoms with Crippen LogP contribution in [0.4, 0.5) is 5.69 Å². The van der Waals surface area contributed by atoms with E-state index in [9.17, 15) is 4.79 Å². The summed E-state index contributed by atoms with van der Waals surface area (Å²) in [5.74, 6) is 1.37. The SMILES string of the molecule is COc1ccc(N2CCN(C(=O)c3cn(-c4ncccn4)c4cnccc34)CC2)cc1.